The van der Waals surface area contributed by atoms with E-state index in [9.17, 15) is 14.4 Å². The van der Waals surface area contributed by atoms with Gasteiger partial charge in [0, 0.05) is 37.8 Å². The Bertz CT molecular complexity index is 1040. The molecule has 9 nitrogen and oxygen atoms in total. The predicted octanol–water partition coefficient (Wildman–Crippen LogP) is 3.40. The monoisotopic (exact) mass is 512 g/mol. The minimum absolute atomic E-state index is 0.0260. The highest BCUT2D eigenvalue weighted by atomic mass is 16.2. The molecule has 4 rings (SSSR count). The molecule has 9 heteroatoms. The molecule has 37 heavy (non-hydrogen) atoms. The van der Waals surface area contributed by atoms with Crippen molar-refractivity contribution in [1.82, 2.24) is 25.7 Å². The van der Waals surface area contributed by atoms with Gasteiger partial charge in [0.25, 0.3) is 5.91 Å². The summed E-state index contributed by atoms with van der Waals surface area (Å²) in [6, 6.07) is 0.395. The van der Waals surface area contributed by atoms with E-state index in [1.54, 1.807) is 24.0 Å². The summed E-state index contributed by atoms with van der Waals surface area (Å²) >= 11 is 0. The van der Waals surface area contributed by atoms with Crippen molar-refractivity contribution in [1.29, 1.82) is 0 Å². The van der Waals surface area contributed by atoms with Gasteiger partial charge in [0.2, 0.25) is 11.8 Å². The third kappa shape index (κ3) is 6.02. The van der Waals surface area contributed by atoms with Gasteiger partial charge in [-0.05, 0) is 90.4 Å². The molecule has 4 N–H and O–H groups in total. The standard InChI is InChI=1S/C28H44N6O3/c1-7-29-27(37)28(5,6)8-9-34-25(31-16(2)3)23(15-30-34)26(36)33-24-20-11-18-10-19(13-20)22(24)14-21(12-18)32-17(4)35/h8-9,15-16,18-22,24,31H,7,10-14H2,1-6H3,(H,29,37)(H,32,35)(H,33,36)/b9-8+/t18?,19?,20?,21?,22?,24-/m1/s1. The second kappa shape index (κ2) is 10.9. The Hall–Kier alpha value is -2.84. The number of anilines is 1. The van der Waals surface area contributed by atoms with Crippen molar-refractivity contribution in [3.05, 3.63) is 17.8 Å². The van der Waals surface area contributed by atoms with Crippen LogP contribution in [0.25, 0.3) is 6.20 Å². The van der Waals surface area contributed by atoms with Gasteiger partial charge >= 0.3 is 0 Å². The molecule has 1 aromatic rings. The summed E-state index contributed by atoms with van der Waals surface area (Å²) in [5.74, 6) is 2.56. The lowest BCUT2D eigenvalue weighted by atomic mass is 9.78. The SMILES string of the molecule is CCNC(=O)C(C)(C)/C=C/n1ncc(C(=O)N[C@@H]2C3CC4CC(NC(C)=O)CC2C(C4)C3)c1NC(C)C. The molecule has 0 radical (unpaired) electrons. The largest absolute Gasteiger partial charge is 0.367 e. The molecule has 3 aliphatic carbocycles. The van der Waals surface area contributed by atoms with Crippen molar-refractivity contribution in [2.75, 3.05) is 11.9 Å². The van der Waals surface area contributed by atoms with Crippen LogP contribution in [0.3, 0.4) is 0 Å². The second-order valence-electron chi connectivity index (χ2n) is 12.2. The average molecular weight is 513 g/mol. The van der Waals surface area contributed by atoms with Crippen LogP contribution >= 0.6 is 0 Å². The number of fused-ring (bicyclic) bond motifs is 2. The first-order valence-corrected chi connectivity index (χ1v) is 13.9. The van der Waals surface area contributed by atoms with Crippen molar-refractivity contribution in [2.24, 2.45) is 29.1 Å². The summed E-state index contributed by atoms with van der Waals surface area (Å²) in [7, 11) is 0. The molecule has 0 aromatic carbocycles. The van der Waals surface area contributed by atoms with Crippen molar-refractivity contribution in [3.63, 3.8) is 0 Å². The van der Waals surface area contributed by atoms with E-state index in [-0.39, 0.29) is 35.8 Å². The highest BCUT2D eigenvalue weighted by Gasteiger charge is 2.51. The average Bonchev–Trinajstić information content (AvgIpc) is 3.26. The lowest BCUT2D eigenvalue weighted by molar-refractivity contribution is -0.127. The van der Waals surface area contributed by atoms with Gasteiger partial charge in [-0.15, -0.1) is 0 Å². The van der Waals surface area contributed by atoms with E-state index in [0.717, 1.165) is 25.7 Å². The highest BCUT2D eigenvalue weighted by molar-refractivity contribution is 5.99. The van der Waals surface area contributed by atoms with Crippen LogP contribution in [0.2, 0.25) is 0 Å². The van der Waals surface area contributed by atoms with Crippen LogP contribution in [0.1, 0.15) is 84.0 Å². The van der Waals surface area contributed by atoms with Crippen molar-refractivity contribution < 1.29 is 14.4 Å². The molecule has 5 unspecified atom stereocenters. The van der Waals surface area contributed by atoms with Crippen molar-refractivity contribution >= 4 is 29.7 Å². The zero-order valence-electron chi connectivity index (χ0n) is 23.1. The number of carbonyl (C=O) groups excluding carboxylic acids is 3. The topological polar surface area (TPSA) is 117 Å². The minimum Gasteiger partial charge on any atom is -0.367 e. The third-order valence-corrected chi connectivity index (χ3v) is 8.35. The van der Waals surface area contributed by atoms with Crippen LogP contribution < -0.4 is 21.3 Å². The van der Waals surface area contributed by atoms with Gasteiger partial charge in [-0.2, -0.15) is 5.10 Å². The van der Waals surface area contributed by atoms with E-state index in [1.807, 2.05) is 40.7 Å². The molecule has 0 spiro atoms. The molecule has 1 aromatic heterocycles. The van der Waals surface area contributed by atoms with Crippen LogP contribution in [-0.4, -0.2) is 52.2 Å². The van der Waals surface area contributed by atoms with E-state index in [4.69, 9.17) is 0 Å². The Balaban J connectivity index is 1.54. The van der Waals surface area contributed by atoms with Crippen LogP contribution in [0.5, 0.6) is 0 Å². The molecule has 0 saturated heterocycles. The number of nitrogens with zero attached hydrogens (tertiary/aromatic N) is 2. The molecule has 3 fully saturated rings. The minimum atomic E-state index is -0.719. The zero-order valence-corrected chi connectivity index (χ0v) is 23.1. The zero-order chi connectivity index (χ0) is 26.9. The number of hydrogen-bond acceptors (Lipinski definition) is 5. The molecular formula is C28H44N6O3. The van der Waals surface area contributed by atoms with Gasteiger partial charge in [0.1, 0.15) is 11.4 Å². The second-order valence-corrected chi connectivity index (χ2v) is 12.2. The van der Waals surface area contributed by atoms with E-state index in [0.29, 0.717) is 41.6 Å². The number of amides is 3. The molecule has 3 amide bonds. The smallest absolute Gasteiger partial charge is 0.256 e. The quantitative estimate of drug-likeness (QED) is 0.405. The van der Waals surface area contributed by atoms with Crippen LogP contribution in [0.4, 0.5) is 5.82 Å². The molecule has 3 aliphatic rings. The maximum Gasteiger partial charge on any atom is 0.256 e. The Morgan fingerprint density at radius 2 is 1.84 bits per heavy atom. The maximum absolute atomic E-state index is 13.7. The van der Waals surface area contributed by atoms with Gasteiger partial charge in [-0.3, -0.25) is 14.4 Å². The fourth-order valence-corrected chi connectivity index (χ4v) is 6.82. The fraction of sp³-hybridized carbons (Fsp3) is 0.714. The first-order valence-electron chi connectivity index (χ1n) is 13.9. The molecular weight excluding hydrogens is 468 g/mol. The van der Waals surface area contributed by atoms with Gasteiger partial charge in [0.15, 0.2) is 0 Å². The summed E-state index contributed by atoms with van der Waals surface area (Å²) < 4.78 is 1.65. The number of aromatic nitrogens is 2. The number of rotatable bonds is 9. The number of carbonyl (C=O) groups is 3. The molecule has 3 bridgehead atoms. The van der Waals surface area contributed by atoms with Gasteiger partial charge < -0.3 is 21.3 Å². The Morgan fingerprint density at radius 3 is 2.51 bits per heavy atom. The lowest BCUT2D eigenvalue weighted by Crippen LogP contribution is -2.46. The Labute approximate surface area is 220 Å². The van der Waals surface area contributed by atoms with Gasteiger partial charge in [-0.25, -0.2) is 4.68 Å². The molecule has 0 aliphatic heterocycles. The summed E-state index contributed by atoms with van der Waals surface area (Å²) in [4.78, 5) is 37.8. The van der Waals surface area contributed by atoms with E-state index in [1.165, 1.54) is 6.42 Å². The molecule has 3 saturated carbocycles. The van der Waals surface area contributed by atoms with Gasteiger partial charge in [-0.1, -0.05) is 6.08 Å². The van der Waals surface area contributed by atoms with Crippen LogP contribution in [-0.2, 0) is 9.59 Å². The normalized spacial score (nSPS) is 28.8. The van der Waals surface area contributed by atoms with Crippen LogP contribution in [0.15, 0.2) is 12.3 Å². The number of nitrogens with one attached hydrogen (secondary N) is 4. The highest BCUT2D eigenvalue weighted by Crippen LogP contribution is 2.53. The first kappa shape index (κ1) is 27.2. The summed E-state index contributed by atoms with van der Waals surface area (Å²) in [6.07, 6.45) is 10.6. The molecule has 1 heterocycles. The third-order valence-electron chi connectivity index (χ3n) is 8.35. The van der Waals surface area contributed by atoms with Gasteiger partial charge in [0.05, 0.1) is 11.6 Å². The maximum atomic E-state index is 13.7. The van der Waals surface area contributed by atoms with E-state index >= 15 is 0 Å². The Morgan fingerprint density at radius 1 is 1.11 bits per heavy atom. The van der Waals surface area contributed by atoms with Crippen molar-refractivity contribution in [2.45, 2.75) is 91.8 Å². The van der Waals surface area contributed by atoms with Crippen LogP contribution in [0, 0.1) is 29.1 Å². The number of hydrogen-bond donors (Lipinski definition) is 4. The first-order chi connectivity index (χ1) is 17.5. The Kier molecular flexibility index (Phi) is 7.99. The summed E-state index contributed by atoms with van der Waals surface area (Å²) in [6.45, 7) is 11.8. The molecule has 204 valence electrons. The summed E-state index contributed by atoms with van der Waals surface area (Å²) in [5.41, 5.74) is -0.218. The fourth-order valence-electron chi connectivity index (χ4n) is 6.82. The van der Waals surface area contributed by atoms with E-state index in [2.05, 4.69) is 26.4 Å². The van der Waals surface area contributed by atoms with Crippen molar-refractivity contribution in [3.8, 4) is 0 Å². The predicted molar refractivity (Wildman–Crippen MR) is 145 cm³/mol. The lowest BCUT2D eigenvalue weighted by Gasteiger charge is -2.33. The van der Waals surface area contributed by atoms with E-state index < -0.39 is 5.41 Å². The molecule has 6 atom stereocenters. The summed E-state index contributed by atoms with van der Waals surface area (Å²) in [5, 5.41) is 17.3.